The molecule has 0 aromatic carbocycles. The fourth-order valence-corrected chi connectivity index (χ4v) is 1.18. The van der Waals surface area contributed by atoms with Crippen molar-refractivity contribution >= 4 is 0 Å². The minimum atomic E-state index is -3.57. The Labute approximate surface area is 79.5 Å². The monoisotopic (exact) mass is 201 g/mol. The molecule has 0 bridgehead atoms. The maximum atomic E-state index is 12.6. The lowest BCUT2D eigenvalue weighted by molar-refractivity contribution is -0.335. The number of alkyl halides is 2. The van der Waals surface area contributed by atoms with Gasteiger partial charge in [0.15, 0.2) is 11.5 Å². The van der Waals surface area contributed by atoms with Gasteiger partial charge in [0.25, 0.3) is 0 Å². The van der Waals surface area contributed by atoms with Gasteiger partial charge in [-0.2, -0.15) is 0 Å². The van der Waals surface area contributed by atoms with E-state index in [1.54, 1.807) is 19.1 Å². The van der Waals surface area contributed by atoms with Crippen molar-refractivity contribution in [2.24, 2.45) is 5.73 Å². The van der Waals surface area contributed by atoms with Crippen LogP contribution in [0.3, 0.4) is 0 Å². The first kappa shape index (κ1) is 9.21. The van der Waals surface area contributed by atoms with Gasteiger partial charge in [0.2, 0.25) is 0 Å². The molecule has 0 radical (unpaired) electrons. The summed E-state index contributed by atoms with van der Waals surface area (Å²) in [5.41, 5.74) is 5.08. The van der Waals surface area contributed by atoms with Gasteiger partial charge in [0.05, 0.1) is 5.54 Å². The van der Waals surface area contributed by atoms with Crippen LogP contribution in [0, 0.1) is 0 Å². The summed E-state index contributed by atoms with van der Waals surface area (Å²) in [6.07, 6.45) is 2.33. The Morgan fingerprint density at radius 1 is 1.14 bits per heavy atom. The predicted octanol–water partition coefficient (Wildman–Crippen LogP) is 1.64. The second-order valence-corrected chi connectivity index (χ2v) is 3.43. The van der Waals surface area contributed by atoms with E-state index in [1.165, 1.54) is 12.2 Å². The summed E-state index contributed by atoms with van der Waals surface area (Å²) in [6, 6.07) is 0. The molecule has 0 fully saturated rings. The lowest BCUT2D eigenvalue weighted by Crippen LogP contribution is -2.30. The van der Waals surface area contributed by atoms with E-state index in [0.29, 0.717) is 0 Å². The van der Waals surface area contributed by atoms with Crippen molar-refractivity contribution < 1.29 is 18.3 Å². The van der Waals surface area contributed by atoms with Crippen molar-refractivity contribution in [3.05, 3.63) is 35.8 Å². The molecular weight excluding hydrogens is 192 g/mol. The van der Waals surface area contributed by atoms with Crippen molar-refractivity contribution in [2.75, 3.05) is 0 Å². The normalized spacial score (nSPS) is 26.6. The molecule has 5 heteroatoms. The molecule has 2 aliphatic rings. The fourth-order valence-electron chi connectivity index (χ4n) is 1.18. The molecule has 14 heavy (non-hydrogen) atoms. The van der Waals surface area contributed by atoms with Crippen LogP contribution in [0.2, 0.25) is 0 Å². The average molecular weight is 201 g/mol. The molecule has 0 amide bonds. The third-order valence-corrected chi connectivity index (χ3v) is 1.89. The van der Waals surface area contributed by atoms with E-state index in [0.717, 1.165) is 0 Å². The minimum Gasteiger partial charge on any atom is -0.395 e. The molecule has 0 saturated heterocycles. The number of allylic oxidation sites excluding steroid dienone is 2. The SMILES string of the molecule is CC1(N)C=CC2=C(C=C1)OC(F)(F)O2. The highest BCUT2D eigenvalue weighted by molar-refractivity contribution is 5.35. The number of nitrogens with two attached hydrogens (primary N) is 1. The molecule has 0 aromatic rings. The molecule has 3 nitrogen and oxygen atoms in total. The van der Waals surface area contributed by atoms with Crippen molar-refractivity contribution in [2.45, 2.75) is 18.8 Å². The Balaban J connectivity index is 2.30. The van der Waals surface area contributed by atoms with Gasteiger partial charge in [-0.1, -0.05) is 12.2 Å². The van der Waals surface area contributed by atoms with Crippen LogP contribution < -0.4 is 5.73 Å². The largest absolute Gasteiger partial charge is 0.586 e. The molecular formula is C9H9F2NO2. The molecule has 0 saturated carbocycles. The zero-order valence-corrected chi connectivity index (χ0v) is 7.46. The van der Waals surface area contributed by atoms with Gasteiger partial charge >= 0.3 is 6.29 Å². The Hall–Kier alpha value is -1.36. The topological polar surface area (TPSA) is 44.5 Å². The molecule has 0 unspecified atom stereocenters. The third-order valence-electron chi connectivity index (χ3n) is 1.89. The summed E-state index contributed by atoms with van der Waals surface area (Å²) in [5.74, 6) is 0.000787. The number of hydrogen-bond acceptors (Lipinski definition) is 3. The summed E-state index contributed by atoms with van der Waals surface area (Å²) in [7, 11) is 0. The van der Waals surface area contributed by atoms with Gasteiger partial charge in [-0.15, -0.1) is 8.78 Å². The van der Waals surface area contributed by atoms with Crippen LogP contribution in [0.4, 0.5) is 8.78 Å². The van der Waals surface area contributed by atoms with E-state index in [1.807, 2.05) is 0 Å². The summed E-state index contributed by atoms with van der Waals surface area (Å²) in [6.45, 7) is 1.74. The van der Waals surface area contributed by atoms with Crippen LogP contribution in [0.25, 0.3) is 0 Å². The Bertz CT molecular complexity index is 326. The van der Waals surface area contributed by atoms with E-state index in [2.05, 4.69) is 9.47 Å². The van der Waals surface area contributed by atoms with E-state index in [4.69, 9.17) is 5.73 Å². The molecule has 2 rings (SSSR count). The van der Waals surface area contributed by atoms with Crippen molar-refractivity contribution in [1.29, 1.82) is 0 Å². The first-order chi connectivity index (χ1) is 6.38. The molecule has 1 heterocycles. The van der Waals surface area contributed by atoms with Crippen molar-refractivity contribution in [1.82, 2.24) is 0 Å². The Morgan fingerprint density at radius 2 is 1.57 bits per heavy atom. The summed E-state index contributed by atoms with van der Waals surface area (Å²) < 4.78 is 33.7. The lowest BCUT2D eigenvalue weighted by Gasteiger charge is -2.14. The van der Waals surface area contributed by atoms with Gasteiger partial charge < -0.3 is 15.2 Å². The highest BCUT2D eigenvalue weighted by Gasteiger charge is 2.44. The van der Waals surface area contributed by atoms with Crippen molar-refractivity contribution in [3.8, 4) is 0 Å². The van der Waals surface area contributed by atoms with Gasteiger partial charge in [0.1, 0.15) is 0 Å². The first-order valence-electron chi connectivity index (χ1n) is 4.05. The zero-order chi connectivity index (χ0) is 10.4. The molecule has 1 aliphatic heterocycles. The third kappa shape index (κ3) is 1.63. The second-order valence-electron chi connectivity index (χ2n) is 3.43. The first-order valence-corrected chi connectivity index (χ1v) is 4.05. The molecule has 0 atom stereocenters. The summed E-state index contributed by atoms with van der Waals surface area (Å²) >= 11 is 0. The zero-order valence-electron chi connectivity index (χ0n) is 7.46. The van der Waals surface area contributed by atoms with Gasteiger partial charge in [0, 0.05) is 0 Å². The quantitative estimate of drug-likeness (QED) is 0.648. The highest BCUT2D eigenvalue weighted by atomic mass is 19.3. The number of hydrogen-bond donors (Lipinski definition) is 1. The maximum absolute atomic E-state index is 12.6. The van der Waals surface area contributed by atoms with E-state index in [-0.39, 0.29) is 11.5 Å². The van der Waals surface area contributed by atoms with E-state index >= 15 is 0 Å². The van der Waals surface area contributed by atoms with E-state index in [9.17, 15) is 8.78 Å². The maximum Gasteiger partial charge on any atom is 0.586 e. The molecule has 76 valence electrons. The minimum absolute atomic E-state index is 0.000394. The summed E-state index contributed by atoms with van der Waals surface area (Å²) in [5, 5.41) is 0. The van der Waals surface area contributed by atoms with Gasteiger partial charge in [-0.05, 0) is 19.1 Å². The Morgan fingerprint density at radius 3 is 2.00 bits per heavy atom. The number of rotatable bonds is 0. The van der Waals surface area contributed by atoms with Gasteiger partial charge in [-0.3, -0.25) is 0 Å². The van der Waals surface area contributed by atoms with Crippen molar-refractivity contribution in [3.63, 3.8) is 0 Å². The second kappa shape index (κ2) is 2.57. The van der Waals surface area contributed by atoms with Crippen LogP contribution in [-0.4, -0.2) is 11.8 Å². The van der Waals surface area contributed by atoms with Crippen LogP contribution in [-0.2, 0) is 9.47 Å². The fraction of sp³-hybridized carbons (Fsp3) is 0.333. The van der Waals surface area contributed by atoms with Crippen LogP contribution in [0.1, 0.15) is 6.92 Å². The predicted molar refractivity (Wildman–Crippen MR) is 45.0 cm³/mol. The van der Waals surface area contributed by atoms with Crippen LogP contribution in [0.5, 0.6) is 0 Å². The van der Waals surface area contributed by atoms with E-state index < -0.39 is 11.8 Å². The molecule has 0 aromatic heterocycles. The molecule has 1 aliphatic carbocycles. The smallest absolute Gasteiger partial charge is 0.395 e. The molecule has 2 N–H and O–H groups in total. The van der Waals surface area contributed by atoms with Crippen LogP contribution in [0.15, 0.2) is 35.8 Å². The summed E-state index contributed by atoms with van der Waals surface area (Å²) in [4.78, 5) is 0. The molecule has 0 spiro atoms. The Kier molecular flexibility index (Phi) is 1.69. The number of ether oxygens (including phenoxy) is 2. The highest BCUT2D eigenvalue weighted by Crippen LogP contribution is 2.36. The van der Waals surface area contributed by atoms with Gasteiger partial charge in [-0.25, -0.2) is 0 Å². The van der Waals surface area contributed by atoms with Crippen LogP contribution >= 0.6 is 0 Å². The standard InChI is InChI=1S/C9H9F2NO2/c1-8(12)4-2-6-7(3-5-8)14-9(10,11)13-6/h2-5H,12H2,1H3. The lowest BCUT2D eigenvalue weighted by atomic mass is 10.0. The number of halogens is 2. The average Bonchev–Trinajstić information content (AvgIpc) is 2.27.